The number of amides is 3. The third kappa shape index (κ3) is 3.84. The molecule has 2 saturated heterocycles. The van der Waals surface area contributed by atoms with E-state index in [0.717, 1.165) is 30.8 Å². The molecule has 2 heterocycles. The Kier molecular flexibility index (Phi) is 5.00. The minimum absolute atomic E-state index is 0.00285. The van der Waals surface area contributed by atoms with Crippen molar-refractivity contribution in [2.75, 3.05) is 26.2 Å². The maximum atomic E-state index is 11.9. The Morgan fingerprint density at radius 3 is 2.48 bits per heavy atom. The molecule has 0 saturated carbocycles. The maximum Gasteiger partial charge on any atom is 0.326 e. The summed E-state index contributed by atoms with van der Waals surface area (Å²) in [7, 11) is 0. The van der Waals surface area contributed by atoms with Gasteiger partial charge in [-0.1, -0.05) is 0 Å². The molecule has 0 aromatic carbocycles. The zero-order valence-corrected chi connectivity index (χ0v) is 11.8. The Balaban J connectivity index is 1.76. The lowest BCUT2D eigenvalue weighted by Gasteiger charge is -2.22. The van der Waals surface area contributed by atoms with Crippen molar-refractivity contribution in [2.45, 2.75) is 37.8 Å². The van der Waals surface area contributed by atoms with Crippen LogP contribution in [0.4, 0.5) is 4.79 Å². The first-order valence-corrected chi connectivity index (χ1v) is 7.22. The van der Waals surface area contributed by atoms with Gasteiger partial charge in [-0.25, -0.2) is 9.59 Å². The van der Waals surface area contributed by atoms with Gasteiger partial charge in [-0.3, -0.25) is 4.79 Å². The van der Waals surface area contributed by atoms with Gasteiger partial charge in [-0.2, -0.15) is 0 Å². The molecule has 8 heteroatoms. The number of aliphatic carboxylic acids is 1. The number of nitrogens with zero attached hydrogens (tertiary/aromatic N) is 2. The van der Waals surface area contributed by atoms with Gasteiger partial charge in [0.05, 0.1) is 6.10 Å². The number of carboxylic acids is 1. The Bertz CT molecular complexity index is 422. The fourth-order valence-corrected chi connectivity index (χ4v) is 2.77. The van der Waals surface area contributed by atoms with E-state index in [4.69, 9.17) is 5.11 Å². The first-order valence-electron chi connectivity index (χ1n) is 7.22. The number of β-amino-alcohol motifs (C(OH)–C–C–N with tert-alkyl or cyclic N) is 1. The van der Waals surface area contributed by atoms with Gasteiger partial charge in [-0.15, -0.1) is 0 Å². The van der Waals surface area contributed by atoms with Crippen LogP contribution < -0.4 is 5.32 Å². The second-order valence-corrected chi connectivity index (χ2v) is 5.47. The highest BCUT2D eigenvalue weighted by Gasteiger charge is 2.38. The van der Waals surface area contributed by atoms with Crippen LogP contribution in [0.15, 0.2) is 0 Å². The van der Waals surface area contributed by atoms with Gasteiger partial charge < -0.3 is 25.3 Å². The molecule has 2 aliphatic rings. The first-order chi connectivity index (χ1) is 9.99. The standard InChI is InChI=1S/C13H21N3O5/c17-9-7-10(12(19)20)16(8-9)13(21)14-4-3-11(18)15-5-1-2-6-15/h9-10,17H,1-8H2,(H,14,21)(H,19,20)/t9-,10-/m0/s1. The molecule has 0 unspecified atom stereocenters. The van der Waals surface area contributed by atoms with E-state index in [1.54, 1.807) is 4.90 Å². The third-order valence-corrected chi connectivity index (χ3v) is 3.90. The quantitative estimate of drug-likeness (QED) is 0.631. The zero-order valence-electron chi connectivity index (χ0n) is 11.8. The molecule has 2 fully saturated rings. The topological polar surface area (TPSA) is 110 Å². The summed E-state index contributed by atoms with van der Waals surface area (Å²) < 4.78 is 0. The summed E-state index contributed by atoms with van der Waals surface area (Å²) >= 11 is 0. The Morgan fingerprint density at radius 2 is 1.86 bits per heavy atom. The van der Waals surface area contributed by atoms with Crippen molar-refractivity contribution in [2.24, 2.45) is 0 Å². The van der Waals surface area contributed by atoms with Gasteiger partial charge in [0.1, 0.15) is 6.04 Å². The predicted octanol–water partition coefficient (Wildman–Crippen LogP) is -0.772. The molecule has 8 nitrogen and oxygen atoms in total. The average molecular weight is 299 g/mol. The second-order valence-electron chi connectivity index (χ2n) is 5.47. The van der Waals surface area contributed by atoms with Gasteiger partial charge in [0.25, 0.3) is 0 Å². The molecular weight excluding hydrogens is 278 g/mol. The predicted molar refractivity (Wildman–Crippen MR) is 72.6 cm³/mol. The van der Waals surface area contributed by atoms with E-state index in [1.165, 1.54) is 0 Å². The van der Waals surface area contributed by atoms with Crippen molar-refractivity contribution in [3.8, 4) is 0 Å². The van der Waals surface area contributed by atoms with Crippen molar-refractivity contribution in [3.05, 3.63) is 0 Å². The minimum atomic E-state index is -1.13. The molecule has 2 rings (SSSR count). The second kappa shape index (κ2) is 6.75. The van der Waals surface area contributed by atoms with Crippen LogP contribution >= 0.6 is 0 Å². The van der Waals surface area contributed by atoms with Crippen LogP contribution in [-0.2, 0) is 9.59 Å². The fraction of sp³-hybridized carbons (Fsp3) is 0.769. The van der Waals surface area contributed by atoms with E-state index in [1.807, 2.05) is 0 Å². The number of aliphatic hydroxyl groups excluding tert-OH is 1. The molecule has 0 spiro atoms. The van der Waals surface area contributed by atoms with Crippen molar-refractivity contribution >= 4 is 17.9 Å². The van der Waals surface area contributed by atoms with Gasteiger partial charge >= 0.3 is 12.0 Å². The smallest absolute Gasteiger partial charge is 0.326 e. The van der Waals surface area contributed by atoms with Gasteiger partial charge in [-0.05, 0) is 12.8 Å². The first kappa shape index (κ1) is 15.6. The summed E-state index contributed by atoms with van der Waals surface area (Å²) in [5, 5.41) is 21.0. The van der Waals surface area contributed by atoms with Crippen LogP contribution in [-0.4, -0.2) is 76.2 Å². The fourth-order valence-electron chi connectivity index (χ4n) is 2.77. The SMILES string of the molecule is O=C(O)[C@@H]1C[C@H](O)CN1C(=O)NCCC(=O)N1CCCC1. The van der Waals surface area contributed by atoms with E-state index in [-0.39, 0.29) is 31.8 Å². The summed E-state index contributed by atoms with van der Waals surface area (Å²) in [6, 6.07) is -1.55. The van der Waals surface area contributed by atoms with Gasteiger partial charge in [0.15, 0.2) is 0 Å². The van der Waals surface area contributed by atoms with Crippen LogP contribution in [0.5, 0.6) is 0 Å². The van der Waals surface area contributed by atoms with Crippen molar-refractivity contribution in [3.63, 3.8) is 0 Å². The number of urea groups is 1. The number of carbonyl (C=O) groups excluding carboxylic acids is 2. The number of nitrogens with one attached hydrogen (secondary N) is 1. The van der Waals surface area contributed by atoms with E-state index in [0.29, 0.717) is 0 Å². The van der Waals surface area contributed by atoms with Crippen LogP contribution in [0.1, 0.15) is 25.7 Å². The largest absolute Gasteiger partial charge is 0.480 e. The van der Waals surface area contributed by atoms with Crippen molar-refractivity contribution < 1.29 is 24.6 Å². The zero-order chi connectivity index (χ0) is 15.4. The summed E-state index contributed by atoms with van der Waals surface area (Å²) in [6.45, 7) is 1.72. The van der Waals surface area contributed by atoms with Gasteiger partial charge in [0.2, 0.25) is 5.91 Å². The van der Waals surface area contributed by atoms with Crippen LogP contribution in [0.3, 0.4) is 0 Å². The van der Waals surface area contributed by atoms with E-state index < -0.39 is 24.1 Å². The lowest BCUT2D eigenvalue weighted by molar-refractivity contribution is -0.141. The molecule has 0 aliphatic carbocycles. The Labute approximate surface area is 122 Å². The molecular formula is C13H21N3O5. The average Bonchev–Trinajstić information content (AvgIpc) is 3.07. The highest BCUT2D eigenvalue weighted by molar-refractivity contribution is 5.84. The number of hydrogen-bond acceptors (Lipinski definition) is 4. The lowest BCUT2D eigenvalue weighted by atomic mass is 10.2. The molecule has 21 heavy (non-hydrogen) atoms. The summed E-state index contributed by atoms with van der Waals surface area (Å²) in [5.41, 5.74) is 0. The molecule has 118 valence electrons. The van der Waals surface area contributed by atoms with E-state index in [2.05, 4.69) is 5.32 Å². The number of carboxylic acid groups (broad SMARTS) is 1. The highest BCUT2D eigenvalue weighted by atomic mass is 16.4. The molecule has 3 N–H and O–H groups in total. The summed E-state index contributed by atoms with van der Waals surface area (Å²) in [4.78, 5) is 37.6. The number of carbonyl (C=O) groups is 3. The molecule has 0 aromatic rings. The number of aliphatic hydroxyl groups is 1. The minimum Gasteiger partial charge on any atom is -0.480 e. The third-order valence-electron chi connectivity index (χ3n) is 3.90. The summed E-state index contributed by atoms with van der Waals surface area (Å²) in [6.07, 6.45) is 1.46. The number of hydrogen-bond donors (Lipinski definition) is 3. The lowest BCUT2D eigenvalue weighted by Crippen LogP contribution is -2.47. The Hall–Kier alpha value is -1.83. The molecule has 0 bridgehead atoms. The van der Waals surface area contributed by atoms with Crippen LogP contribution in [0.25, 0.3) is 0 Å². The number of rotatable bonds is 4. The molecule has 3 amide bonds. The molecule has 2 aliphatic heterocycles. The van der Waals surface area contributed by atoms with Crippen molar-refractivity contribution in [1.29, 1.82) is 0 Å². The molecule has 0 radical (unpaired) electrons. The highest BCUT2D eigenvalue weighted by Crippen LogP contribution is 2.18. The normalized spacial score (nSPS) is 25.2. The maximum absolute atomic E-state index is 11.9. The van der Waals surface area contributed by atoms with Crippen LogP contribution in [0.2, 0.25) is 0 Å². The van der Waals surface area contributed by atoms with Gasteiger partial charge in [0, 0.05) is 39.0 Å². The molecule has 2 atom stereocenters. The monoisotopic (exact) mass is 299 g/mol. The van der Waals surface area contributed by atoms with Crippen molar-refractivity contribution in [1.82, 2.24) is 15.1 Å². The molecule has 0 aromatic heterocycles. The van der Waals surface area contributed by atoms with E-state index >= 15 is 0 Å². The summed E-state index contributed by atoms with van der Waals surface area (Å²) in [5.74, 6) is -1.13. The van der Waals surface area contributed by atoms with E-state index in [9.17, 15) is 19.5 Å². The van der Waals surface area contributed by atoms with Crippen LogP contribution in [0, 0.1) is 0 Å². The number of likely N-dealkylation sites (tertiary alicyclic amines) is 2. The Morgan fingerprint density at radius 1 is 1.19 bits per heavy atom.